The van der Waals surface area contributed by atoms with Gasteiger partial charge >= 0.3 is 5.97 Å². The van der Waals surface area contributed by atoms with Crippen LogP contribution in [0.3, 0.4) is 0 Å². The third-order valence-corrected chi connectivity index (χ3v) is 7.45. The molecule has 212 valence electrons. The van der Waals surface area contributed by atoms with E-state index in [-0.39, 0.29) is 43.5 Å². The summed E-state index contributed by atoms with van der Waals surface area (Å²) in [6.45, 7) is 2.43. The zero-order chi connectivity index (χ0) is 29.0. The predicted octanol–water partition coefficient (Wildman–Crippen LogP) is -0.901. The van der Waals surface area contributed by atoms with Crippen LogP contribution in [-0.4, -0.2) is 95.3 Å². The van der Waals surface area contributed by atoms with E-state index in [2.05, 4.69) is 16.0 Å². The van der Waals surface area contributed by atoms with E-state index < -0.39 is 35.4 Å². The predicted molar refractivity (Wildman–Crippen MR) is 148 cm³/mol. The van der Waals surface area contributed by atoms with Crippen molar-refractivity contribution in [2.75, 3.05) is 45.0 Å². The number of anilines is 1. The van der Waals surface area contributed by atoms with Gasteiger partial charge in [-0.15, -0.1) is 0 Å². The van der Waals surface area contributed by atoms with Gasteiger partial charge in [0.05, 0.1) is 25.2 Å². The summed E-state index contributed by atoms with van der Waals surface area (Å²) >= 11 is 0. The molecule has 2 fully saturated rings. The van der Waals surface area contributed by atoms with Crippen LogP contribution in [0, 0.1) is 5.41 Å². The summed E-state index contributed by atoms with van der Waals surface area (Å²) in [6, 6.07) is 10.2. The van der Waals surface area contributed by atoms with Crippen LogP contribution in [0.4, 0.5) is 5.69 Å². The normalized spacial score (nSPS) is 18.9. The molecule has 13 nitrogen and oxygen atoms in total. The molecule has 0 aliphatic carbocycles. The summed E-state index contributed by atoms with van der Waals surface area (Å²) in [5, 5.41) is 27.4. The van der Waals surface area contributed by atoms with Gasteiger partial charge in [0.25, 0.3) is 5.91 Å². The van der Waals surface area contributed by atoms with Crippen molar-refractivity contribution in [3.63, 3.8) is 0 Å². The Morgan fingerprint density at radius 2 is 1.55 bits per heavy atom. The quantitative estimate of drug-likeness (QED) is 0.117. The lowest BCUT2D eigenvalue weighted by Crippen LogP contribution is -2.75. The van der Waals surface area contributed by atoms with E-state index in [4.69, 9.17) is 16.9 Å². The lowest BCUT2D eigenvalue weighted by molar-refractivity contribution is -0.172. The summed E-state index contributed by atoms with van der Waals surface area (Å²) in [7, 11) is 0. The smallest absolute Gasteiger partial charge is 0.334 e. The molecule has 2 saturated heterocycles. The molecular weight excluding hydrogens is 516 g/mol. The second-order valence-corrected chi connectivity index (χ2v) is 9.87. The summed E-state index contributed by atoms with van der Waals surface area (Å²) < 4.78 is 0. The molecule has 0 bridgehead atoms. The lowest BCUT2D eigenvalue weighted by Gasteiger charge is -2.53. The van der Waals surface area contributed by atoms with Crippen molar-refractivity contribution in [2.45, 2.75) is 24.5 Å². The van der Waals surface area contributed by atoms with Crippen LogP contribution in [-0.2, 0) is 14.4 Å². The van der Waals surface area contributed by atoms with Crippen LogP contribution >= 0.6 is 0 Å². The van der Waals surface area contributed by atoms with E-state index in [1.165, 1.54) is 41.0 Å². The molecule has 3 atom stereocenters. The number of amidine groups is 1. The van der Waals surface area contributed by atoms with Crippen molar-refractivity contribution in [3.05, 3.63) is 65.2 Å². The number of benzene rings is 2. The fraction of sp³-hybridized carbons (Fsp3) is 0.370. The number of hydrogen-bond donors (Lipinski definition) is 7. The molecule has 13 heteroatoms. The van der Waals surface area contributed by atoms with E-state index in [0.29, 0.717) is 29.9 Å². The summed E-state index contributed by atoms with van der Waals surface area (Å²) in [5.41, 5.74) is 10.9. The van der Waals surface area contributed by atoms with E-state index in [1.54, 1.807) is 24.3 Å². The second-order valence-electron chi connectivity index (χ2n) is 9.87. The molecule has 0 spiro atoms. The van der Waals surface area contributed by atoms with Gasteiger partial charge in [-0.1, -0.05) is 24.3 Å². The number of carboxylic acid groups (broad SMARTS) is 1. The minimum Gasteiger partial charge on any atom is -0.479 e. The number of carboxylic acids is 1. The zero-order valence-corrected chi connectivity index (χ0v) is 22.1. The van der Waals surface area contributed by atoms with Crippen molar-refractivity contribution < 1.29 is 24.3 Å². The maximum Gasteiger partial charge on any atom is 0.334 e. The lowest BCUT2D eigenvalue weighted by atomic mass is 9.75. The number of hydrogen-bond acceptors (Lipinski definition) is 8. The average molecular weight is 551 g/mol. The van der Waals surface area contributed by atoms with Gasteiger partial charge in [-0.25, -0.2) is 4.79 Å². The van der Waals surface area contributed by atoms with Crippen molar-refractivity contribution in [2.24, 2.45) is 5.73 Å². The zero-order valence-electron chi connectivity index (χ0n) is 22.1. The molecule has 0 saturated carbocycles. The Labute approximate surface area is 231 Å². The van der Waals surface area contributed by atoms with E-state index >= 15 is 0 Å². The number of amides is 3. The summed E-state index contributed by atoms with van der Waals surface area (Å²) in [4.78, 5) is 56.4. The van der Waals surface area contributed by atoms with Crippen molar-refractivity contribution >= 4 is 35.2 Å². The van der Waals surface area contributed by atoms with Gasteiger partial charge in [0.15, 0.2) is 5.54 Å². The van der Waals surface area contributed by atoms with Crippen LogP contribution in [0.25, 0.3) is 0 Å². The number of piperazine rings is 2. The second kappa shape index (κ2) is 11.7. The minimum absolute atomic E-state index is 0.0000883. The van der Waals surface area contributed by atoms with Gasteiger partial charge in [0.2, 0.25) is 11.8 Å². The molecule has 2 aliphatic rings. The van der Waals surface area contributed by atoms with Crippen LogP contribution < -0.4 is 27.4 Å². The Morgan fingerprint density at radius 1 is 0.975 bits per heavy atom. The van der Waals surface area contributed by atoms with Gasteiger partial charge in [0.1, 0.15) is 5.84 Å². The van der Waals surface area contributed by atoms with E-state index in [9.17, 15) is 24.3 Å². The molecule has 40 heavy (non-hydrogen) atoms. The maximum absolute atomic E-state index is 13.6. The monoisotopic (exact) mass is 550 g/mol. The van der Waals surface area contributed by atoms with Crippen LogP contribution in [0.2, 0.25) is 0 Å². The Bertz CT molecular complexity index is 1300. The molecule has 2 heterocycles. The molecule has 0 radical (unpaired) electrons. The molecule has 2 aromatic rings. The summed E-state index contributed by atoms with van der Waals surface area (Å²) in [5.74, 6) is -2.91. The Morgan fingerprint density at radius 3 is 2.10 bits per heavy atom. The van der Waals surface area contributed by atoms with Crippen molar-refractivity contribution in [3.8, 4) is 0 Å². The molecule has 2 aliphatic heterocycles. The van der Waals surface area contributed by atoms with Gasteiger partial charge < -0.3 is 42.3 Å². The molecule has 0 aromatic heterocycles. The third kappa shape index (κ3) is 5.33. The van der Waals surface area contributed by atoms with Crippen molar-refractivity contribution in [1.82, 2.24) is 25.8 Å². The van der Waals surface area contributed by atoms with Gasteiger partial charge in [0, 0.05) is 43.0 Å². The Hall–Kier alpha value is -4.49. The average Bonchev–Trinajstić information content (AvgIpc) is 2.93. The first-order chi connectivity index (χ1) is 19.1. The molecule has 3 amide bonds. The fourth-order valence-electron chi connectivity index (χ4n) is 5.47. The third-order valence-electron chi connectivity index (χ3n) is 7.45. The minimum atomic E-state index is -2.09. The number of nitrogens with two attached hydrogens (primary N) is 2. The number of nitrogens with zero attached hydrogens (tertiary/aromatic N) is 2. The number of nitrogen functional groups attached to an aromatic ring is 2. The Kier molecular flexibility index (Phi) is 8.35. The van der Waals surface area contributed by atoms with Gasteiger partial charge in [-0.2, -0.15) is 0 Å². The highest BCUT2D eigenvalue weighted by Gasteiger charge is 2.60. The molecule has 3 unspecified atom stereocenters. The SMILES string of the molecule is CC(NC(=O)c1ccc(C(=N)N)cc1)C(C(=O)O)(C(c1ccc(N)cc1)N1CCNCC1=O)N1CCNCC1=O. The first-order valence-corrected chi connectivity index (χ1v) is 12.9. The highest BCUT2D eigenvalue weighted by atomic mass is 16.4. The standard InChI is InChI=1S/C27H34N8O5/c1-16(33-25(38)19-4-2-18(3-5-19)24(29)30)27(26(39)40,35-13-11-32-15-22(35)37)23(17-6-8-20(28)9-7-17)34-12-10-31-14-21(34)36/h2-9,16,23,31-32H,10-15,28H2,1H3,(H3,29,30)(H,33,38)(H,39,40). The number of rotatable bonds is 9. The van der Waals surface area contributed by atoms with E-state index in [1.807, 2.05) is 0 Å². The van der Waals surface area contributed by atoms with Gasteiger partial charge in [-0.05, 0) is 36.8 Å². The first-order valence-electron chi connectivity index (χ1n) is 12.9. The number of aliphatic carboxylic acids is 1. The highest BCUT2D eigenvalue weighted by Crippen LogP contribution is 2.41. The fourth-order valence-corrected chi connectivity index (χ4v) is 5.47. The summed E-state index contributed by atoms with van der Waals surface area (Å²) in [6.07, 6.45) is 0. The topological polar surface area (TPSA) is 207 Å². The number of carbonyl (C=O) groups excluding carboxylic acids is 3. The molecular formula is C27H34N8O5. The highest BCUT2D eigenvalue weighted by molar-refractivity contribution is 5.99. The maximum atomic E-state index is 13.6. The molecule has 4 rings (SSSR count). The number of nitrogens with one attached hydrogen (secondary N) is 4. The number of carbonyl (C=O) groups is 4. The molecule has 9 N–H and O–H groups in total. The van der Waals surface area contributed by atoms with Gasteiger partial charge in [-0.3, -0.25) is 19.8 Å². The van der Waals surface area contributed by atoms with Crippen LogP contribution in [0.15, 0.2) is 48.5 Å². The van der Waals surface area contributed by atoms with E-state index in [0.717, 1.165) is 0 Å². The van der Waals surface area contributed by atoms with Crippen molar-refractivity contribution in [1.29, 1.82) is 5.41 Å². The largest absolute Gasteiger partial charge is 0.479 e. The molecule has 2 aromatic carbocycles. The first kappa shape index (κ1) is 28.5. The Balaban J connectivity index is 1.87. The van der Waals surface area contributed by atoms with Crippen LogP contribution in [0.1, 0.15) is 34.5 Å². The van der Waals surface area contributed by atoms with Crippen LogP contribution in [0.5, 0.6) is 0 Å².